The third-order valence-electron chi connectivity index (χ3n) is 14.8. The Kier molecular flexibility index (Phi) is 20.7. The van der Waals surface area contributed by atoms with Crippen molar-refractivity contribution >= 4 is 94.4 Å². The average molecular weight is 1410 g/mol. The summed E-state index contributed by atoms with van der Waals surface area (Å²) in [7, 11) is -13.8. The van der Waals surface area contributed by atoms with Crippen molar-refractivity contribution in [1.29, 1.82) is 0 Å². The second-order valence-electron chi connectivity index (χ2n) is 22.2. The van der Waals surface area contributed by atoms with E-state index in [2.05, 4.69) is 30.0 Å². The van der Waals surface area contributed by atoms with Gasteiger partial charge in [-0.05, 0) is 218 Å². The fourth-order valence-electron chi connectivity index (χ4n) is 9.58. The standard InChI is InChI=1S/C78H60N9O12P3/c88-73-19-7-1-13-55(73)49-79-61-25-37-67(38-26-61)94-100(95-68-39-27-62(28-40-68)80-50-56-14-2-8-20-74(56)89)85-101(96-69-41-29-63(30-42-69)81-51-57-15-3-9-21-75(57)90,97-70-43-31-64(32-44-70)82-52-58-16-4-10-22-76(58)91)87-102(86-100,98-71-45-33-65(34-46-71)83-53-59-17-5-11-23-77(59)92)99-72-47-35-66(36-48-72)84-54-60-18-6-12-24-78(60)93/h1-54,88-93H. The van der Waals surface area contributed by atoms with Crippen LogP contribution >= 0.6 is 23.0 Å². The molecule has 21 nitrogen and oxygen atoms in total. The maximum Gasteiger partial charge on any atom is 0.460 e. The molecule has 0 spiro atoms. The van der Waals surface area contributed by atoms with Crippen molar-refractivity contribution in [3.63, 3.8) is 0 Å². The van der Waals surface area contributed by atoms with Gasteiger partial charge in [0.15, 0.2) is 0 Å². The molecule has 0 atom stereocenters. The summed E-state index contributed by atoms with van der Waals surface area (Å²) in [6, 6.07) is 80.8. The summed E-state index contributed by atoms with van der Waals surface area (Å²) in [5.74, 6) is 1.25. The number of phenols is 6. The van der Waals surface area contributed by atoms with Crippen LogP contribution in [0.3, 0.4) is 0 Å². The highest BCUT2D eigenvalue weighted by Crippen LogP contribution is 2.79. The number of nitrogens with zero attached hydrogens (tertiary/aromatic N) is 9. The molecule has 24 heteroatoms. The number of hydrogen-bond acceptors (Lipinski definition) is 21. The molecule has 0 saturated heterocycles. The Balaban J connectivity index is 1.02. The predicted molar refractivity (Wildman–Crippen MR) is 403 cm³/mol. The van der Waals surface area contributed by atoms with Gasteiger partial charge in [0.25, 0.3) is 0 Å². The van der Waals surface area contributed by atoms with Gasteiger partial charge < -0.3 is 57.8 Å². The number of phenolic OH excluding ortho intramolecular Hbond substituents is 6. The summed E-state index contributed by atoms with van der Waals surface area (Å²) in [5, 5.41) is 63.6. The van der Waals surface area contributed by atoms with Crippen LogP contribution in [-0.2, 0) is 0 Å². The molecule has 504 valence electrons. The van der Waals surface area contributed by atoms with Gasteiger partial charge in [-0.15, -0.1) is 0 Å². The van der Waals surface area contributed by atoms with Gasteiger partial charge in [0.2, 0.25) is 0 Å². The van der Waals surface area contributed by atoms with Crippen LogP contribution in [0, 0.1) is 0 Å². The topological polar surface area (TPSA) is 288 Å². The normalized spacial score (nSPS) is 16.6. The van der Waals surface area contributed by atoms with Crippen LogP contribution in [0.25, 0.3) is 0 Å². The quantitative estimate of drug-likeness (QED) is 0.0243. The summed E-state index contributed by atoms with van der Waals surface area (Å²) in [5.41, 5.74) is 5.84. The van der Waals surface area contributed by atoms with E-state index in [9.17, 15) is 30.6 Å². The Hall–Kier alpha value is -13.1. The van der Waals surface area contributed by atoms with Crippen LogP contribution in [-0.4, -0.2) is 67.9 Å². The van der Waals surface area contributed by atoms with Gasteiger partial charge in [0, 0.05) is 70.7 Å². The first-order chi connectivity index (χ1) is 49.8. The molecule has 0 bridgehead atoms. The smallest absolute Gasteiger partial charge is 0.460 e. The first kappa shape index (κ1) is 67.5. The molecule has 102 heavy (non-hydrogen) atoms. The molecule has 12 aromatic rings. The van der Waals surface area contributed by atoms with Gasteiger partial charge in [0.05, 0.1) is 34.1 Å². The van der Waals surface area contributed by atoms with Crippen LogP contribution in [0.15, 0.2) is 335 Å². The van der Waals surface area contributed by atoms with E-state index in [0.717, 1.165) is 0 Å². The molecule has 0 fully saturated rings. The predicted octanol–water partition coefficient (Wildman–Crippen LogP) is 21.0. The Bertz CT molecular complexity index is 4490. The molecule has 1 aliphatic heterocycles. The fourth-order valence-corrected chi connectivity index (χ4v) is 18.7. The van der Waals surface area contributed by atoms with Gasteiger partial charge in [-0.1, -0.05) is 86.3 Å². The van der Waals surface area contributed by atoms with E-state index in [4.69, 9.17) is 40.7 Å². The average Bonchev–Trinajstić information content (AvgIpc) is 0.729. The summed E-state index contributed by atoms with van der Waals surface area (Å²) in [6.07, 6.45) is 9.21. The van der Waals surface area contributed by atoms with Gasteiger partial charge in [-0.2, -0.15) is 0 Å². The number of aliphatic imine (C=N–C) groups is 6. The van der Waals surface area contributed by atoms with Crippen LogP contribution < -0.4 is 27.1 Å². The molecule has 13 rings (SSSR count). The second kappa shape index (κ2) is 31.2. The summed E-state index contributed by atoms with van der Waals surface area (Å²) in [6.45, 7) is 0. The summed E-state index contributed by atoms with van der Waals surface area (Å²) >= 11 is 0. The maximum atomic E-state index is 10.6. The molecule has 0 saturated carbocycles. The van der Waals surface area contributed by atoms with Crippen molar-refractivity contribution in [2.24, 2.45) is 43.5 Å². The van der Waals surface area contributed by atoms with Crippen molar-refractivity contribution in [1.82, 2.24) is 0 Å². The van der Waals surface area contributed by atoms with Crippen LogP contribution in [0.4, 0.5) is 34.1 Å². The lowest BCUT2D eigenvalue weighted by Gasteiger charge is -2.33. The highest BCUT2D eigenvalue weighted by molar-refractivity contribution is 7.79. The number of rotatable bonds is 24. The Morgan fingerprint density at radius 2 is 0.333 bits per heavy atom. The number of para-hydroxylation sites is 6. The molecule has 6 N–H and O–H groups in total. The van der Waals surface area contributed by atoms with Crippen molar-refractivity contribution < 1.29 is 57.8 Å². The largest absolute Gasteiger partial charge is 0.507 e. The van der Waals surface area contributed by atoms with Crippen molar-refractivity contribution in [2.45, 2.75) is 0 Å². The fraction of sp³-hybridized carbons (Fsp3) is 0. The highest BCUT2D eigenvalue weighted by Gasteiger charge is 2.49. The molecular weight excluding hydrogens is 1350 g/mol. The lowest BCUT2D eigenvalue weighted by atomic mass is 10.2. The monoisotopic (exact) mass is 1410 g/mol. The third kappa shape index (κ3) is 17.6. The minimum atomic E-state index is -4.61. The first-order valence-electron chi connectivity index (χ1n) is 31.4. The third-order valence-corrected chi connectivity index (χ3v) is 22.9. The molecular formula is C78H60N9O12P3. The van der Waals surface area contributed by atoms with Crippen molar-refractivity contribution in [3.05, 3.63) is 325 Å². The SMILES string of the molecule is Oc1ccccc1C=Nc1ccc(OP2(Oc3ccc(N=Cc4ccccc4O)cc3)=NP(Oc3ccc(N=Cc4ccccc4O)cc3)(Oc3ccc(N=Cc4ccccc4O)cc3)=NP(Oc3ccc(N=Cc4ccccc4O)cc3)(Oc3ccc(N=Cc4ccccc4O)cc3)=N2)cc1. The zero-order valence-electron chi connectivity index (χ0n) is 53.7. The number of aromatic hydroxyl groups is 6. The van der Waals surface area contributed by atoms with E-state index in [1.165, 1.54) is 37.3 Å². The van der Waals surface area contributed by atoms with E-state index in [-0.39, 0.29) is 69.0 Å². The summed E-state index contributed by atoms with van der Waals surface area (Å²) in [4.78, 5) is 27.8. The molecule has 1 heterocycles. The lowest BCUT2D eigenvalue weighted by Crippen LogP contribution is -2.11. The Morgan fingerprint density at radius 1 is 0.196 bits per heavy atom. The van der Waals surface area contributed by atoms with Gasteiger partial charge in [-0.3, -0.25) is 30.0 Å². The lowest BCUT2D eigenvalue weighted by molar-refractivity contribution is 0.442. The molecule has 1 aliphatic rings. The van der Waals surface area contributed by atoms with Crippen LogP contribution in [0.1, 0.15) is 33.4 Å². The molecule has 0 amide bonds. The first-order valence-corrected chi connectivity index (χ1v) is 36.0. The van der Waals surface area contributed by atoms with Crippen molar-refractivity contribution in [3.8, 4) is 69.0 Å². The molecule has 0 aliphatic carbocycles. The zero-order chi connectivity index (χ0) is 70.1. The minimum Gasteiger partial charge on any atom is -0.507 e. The van der Waals surface area contributed by atoms with Crippen LogP contribution in [0.5, 0.6) is 69.0 Å². The van der Waals surface area contributed by atoms with E-state index in [1.807, 2.05) is 0 Å². The summed E-state index contributed by atoms with van der Waals surface area (Å²) < 4.78 is 59.7. The molecule has 0 radical (unpaired) electrons. The molecule has 0 aromatic heterocycles. The van der Waals surface area contributed by atoms with Crippen LogP contribution in [0.2, 0.25) is 0 Å². The molecule has 0 unspecified atom stereocenters. The maximum absolute atomic E-state index is 10.6. The highest BCUT2D eigenvalue weighted by atomic mass is 31.3. The Labute approximate surface area is 586 Å². The van der Waals surface area contributed by atoms with Gasteiger partial charge in [-0.25, -0.2) is 0 Å². The second-order valence-corrected chi connectivity index (χ2v) is 28.3. The van der Waals surface area contributed by atoms with Gasteiger partial charge in [0.1, 0.15) is 69.0 Å². The zero-order valence-corrected chi connectivity index (χ0v) is 56.4. The number of benzene rings is 12. The van der Waals surface area contributed by atoms with E-state index in [1.54, 1.807) is 291 Å². The van der Waals surface area contributed by atoms with Gasteiger partial charge >= 0.3 is 23.0 Å². The minimum absolute atomic E-state index is 0.0449. The van der Waals surface area contributed by atoms with E-state index < -0.39 is 23.0 Å². The Morgan fingerprint density at radius 3 is 0.471 bits per heavy atom. The van der Waals surface area contributed by atoms with E-state index in [0.29, 0.717) is 67.5 Å². The van der Waals surface area contributed by atoms with Crippen molar-refractivity contribution in [2.75, 3.05) is 0 Å². The van der Waals surface area contributed by atoms with E-state index >= 15 is 0 Å². The molecule has 12 aromatic carbocycles. The number of hydrogen-bond donors (Lipinski definition) is 6.